The zero-order valence-electron chi connectivity index (χ0n) is 13.6. The molecule has 2 aliphatic rings. The van der Waals surface area contributed by atoms with E-state index in [0.29, 0.717) is 0 Å². The van der Waals surface area contributed by atoms with Gasteiger partial charge >= 0.3 is 26.2 Å². The summed E-state index contributed by atoms with van der Waals surface area (Å²) in [5.74, 6) is 0. The van der Waals surface area contributed by atoms with Gasteiger partial charge in [-0.1, -0.05) is 39.5 Å². The smallest absolute Gasteiger partial charge is 1.00 e. The largest absolute Gasteiger partial charge is 2.00 e. The van der Waals surface area contributed by atoms with Crippen LogP contribution in [0.15, 0.2) is 34.9 Å². The predicted octanol–water partition coefficient (Wildman–Crippen LogP) is 5.03. The Hall–Kier alpha value is -0.157. The summed E-state index contributed by atoms with van der Waals surface area (Å²) in [7, 11) is 0. The maximum Gasteiger partial charge on any atom is 2.00 e. The first-order chi connectivity index (χ1) is 7.51. The molecular weight excluding hydrogens is 283 g/mol. The van der Waals surface area contributed by atoms with Gasteiger partial charge in [-0.15, -0.1) is 13.3 Å². The number of allylic oxidation sites excluding steroid dienone is 8. The minimum absolute atomic E-state index is 0. The molecule has 2 rings (SSSR count). The molecular formula is C16H24Zr-2. The molecule has 0 aromatic rings. The van der Waals surface area contributed by atoms with Crippen LogP contribution in [-0.4, -0.2) is 0 Å². The van der Waals surface area contributed by atoms with Crippen LogP contribution in [0.1, 0.15) is 50.3 Å². The van der Waals surface area contributed by atoms with Crippen LogP contribution in [-0.2, 0) is 26.2 Å². The third-order valence-electron chi connectivity index (χ3n) is 3.71. The number of hydrogen-bond donors (Lipinski definition) is 0. The quantitative estimate of drug-likeness (QED) is 0.596. The molecule has 0 spiro atoms. The normalized spacial score (nSPS) is 25.4. The standard InChI is InChI=1S/C11H17.C5H5.Zr.2H/c1-6-11(5)7-8(2)9(3)10(11)4;1-2-4-5-3-1;;;/h6H2,1-5H3;1-3H,4H2;;;/q2*-1;+2;2*-1. The molecule has 0 amide bonds. The number of hydrogen-bond acceptors (Lipinski definition) is 0. The van der Waals surface area contributed by atoms with Crippen molar-refractivity contribution in [3.8, 4) is 0 Å². The fourth-order valence-electron chi connectivity index (χ4n) is 1.99. The van der Waals surface area contributed by atoms with Crippen LogP contribution in [0.25, 0.3) is 0 Å². The van der Waals surface area contributed by atoms with Crippen molar-refractivity contribution in [1.82, 2.24) is 0 Å². The van der Waals surface area contributed by atoms with E-state index in [1.54, 1.807) is 0 Å². The van der Waals surface area contributed by atoms with Crippen LogP contribution in [0, 0.1) is 17.6 Å². The molecule has 0 saturated heterocycles. The molecule has 0 nitrogen and oxygen atoms in total. The minimum atomic E-state index is 0. The third-order valence-corrected chi connectivity index (χ3v) is 3.71. The van der Waals surface area contributed by atoms with Crippen molar-refractivity contribution < 1.29 is 29.1 Å². The van der Waals surface area contributed by atoms with E-state index < -0.39 is 0 Å². The summed E-state index contributed by atoms with van der Waals surface area (Å²) in [6, 6.07) is 0. The summed E-state index contributed by atoms with van der Waals surface area (Å²) < 4.78 is 0. The van der Waals surface area contributed by atoms with E-state index in [1.165, 1.54) is 16.7 Å². The van der Waals surface area contributed by atoms with Crippen LogP contribution < -0.4 is 0 Å². The second-order valence-electron chi connectivity index (χ2n) is 4.69. The van der Waals surface area contributed by atoms with Crippen LogP contribution in [0.3, 0.4) is 0 Å². The van der Waals surface area contributed by atoms with E-state index in [-0.39, 0.29) is 34.5 Å². The summed E-state index contributed by atoms with van der Waals surface area (Å²) in [6.07, 6.45) is 14.7. The van der Waals surface area contributed by atoms with Crippen molar-refractivity contribution in [1.29, 1.82) is 0 Å². The van der Waals surface area contributed by atoms with E-state index in [1.807, 2.05) is 12.2 Å². The van der Waals surface area contributed by atoms with Gasteiger partial charge in [-0.2, -0.15) is 17.2 Å². The van der Waals surface area contributed by atoms with Crippen molar-refractivity contribution >= 4 is 0 Å². The first-order valence-electron chi connectivity index (χ1n) is 6.03. The molecule has 0 aromatic heterocycles. The zero-order valence-corrected chi connectivity index (χ0v) is 14.1. The summed E-state index contributed by atoms with van der Waals surface area (Å²) in [5.41, 5.74) is 4.51. The van der Waals surface area contributed by atoms with Crippen molar-refractivity contribution in [2.45, 2.75) is 47.5 Å². The fourth-order valence-corrected chi connectivity index (χ4v) is 1.99. The van der Waals surface area contributed by atoms with Crippen LogP contribution in [0.2, 0.25) is 0 Å². The van der Waals surface area contributed by atoms with Crippen LogP contribution in [0.4, 0.5) is 0 Å². The maximum absolute atomic E-state index is 3.52. The van der Waals surface area contributed by atoms with Gasteiger partial charge in [0, 0.05) is 0 Å². The second-order valence-corrected chi connectivity index (χ2v) is 4.69. The topological polar surface area (TPSA) is 0 Å². The maximum atomic E-state index is 3.52. The fraction of sp³-hybridized carbons (Fsp3) is 0.500. The van der Waals surface area contributed by atoms with Crippen molar-refractivity contribution in [3.05, 3.63) is 47.1 Å². The molecule has 1 atom stereocenters. The SMILES string of the molecule is CCC1(C)[C-]=C(C)C(C)=C1C.[C-]1=CC=CC1.[H-].[H-].[Zr+2]. The first-order valence-corrected chi connectivity index (χ1v) is 6.03. The second kappa shape index (κ2) is 7.32. The van der Waals surface area contributed by atoms with E-state index in [0.717, 1.165) is 12.8 Å². The molecule has 1 heteroatoms. The average molecular weight is 308 g/mol. The Labute approximate surface area is 129 Å². The molecule has 94 valence electrons. The molecule has 0 saturated carbocycles. The molecule has 1 unspecified atom stereocenters. The first kappa shape index (κ1) is 16.8. The van der Waals surface area contributed by atoms with Gasteiger partial charge in [0.15, 0.2) is 0 Å². The molecule has 0 aliphatic heterocycles. The number of rotatable bonds is 1. The Balaban J connectivity index is -0.000000277. The van der Waals surface area contributed by atoms with Gasteiger partial charge in [0.05, 0.1) is 0 Å². The molecule has 2 aliphatic carbocycles. The van der Waals surface area contributed by atoms with Crippen LogP contribution >= 0.6 is 0 Å². The molecule has 0 bridgehead atoms. The van der Waals surface area contributed by atoms with Gasteiger partial charge in [-0.3, -0.25) is 12.2 Å². The van der Waals surface area contributed by atoms with Gasteiger partial charge in [0.2, 0.25) is 0 Å². The van der Waals surface area contributed by atoms with E-state index >= 15 is 0 Å². The van der Waals surface area contributed by atoms with Gasteiger partial charge in [-0.25, -0.2) is 17.7 Å². The summed E-state index contributed by atoms with van der Waals surface area (Å²) in [5, 5.41) is 0. The summed E-state index contributed by atoms with van der Waals surface area (Å²) >= 11 is 0. The third kappa shape index (κ3) is 4.21. The van der Waals surface area contributed by atoms with E-state index in [9.17, 15) is 0 Å². The molecule has 17 heavy (non-hydrogen) atoms. The Morgan fingerprint density at radius 3 is 2.18 bits per heavy atom. The minimum Gasteiger partial charge on any atom is -1.00 e. The van der Waals surface area contributed by atoms with Gasteiger partial charge in [-0.05, 0) is 0 Å². The Kier molecular flexibility index (Phi) is 7.25. The predicted molar refractivity (Wildman–Crippen MR) is 73.0 cm³/mol. The molecule has 0 fully saturated rings. The van der Waals surface area contributed by atoms with Gasteiger partial charge in [0.25, 0.3) is 0 Å². The van der Waals surface area contributed by atoms with Crippen molar-refractivity contribution in [3.63, 3.8) is 0 Å². The Morgan fingerprint density at radius 2 is 2.00 bits per heavy atom. The molecule has 0 N–H and O–H groups in total. The Bertz CT molecular complexity index is 368. The van der Waals surface area contributed by atoms with Crippen molar-refractivity contribution in [2.75, 3.05) is 0 Å². The van der Waals surface area contributed by atoms with Crippen molar-refractivity contribution in [2.24, 2.45) is 5.41 Å². The monoisotopic (exact) mass is 306 g/mol. The summed E-state index contributed by atoms with van der Waals surface area (Å²) in [6.45, 7) is 11.1. The van der Waals surface area contributed by atoms with E-state index in [2.05, 4.69) is 52.8 Å². The molecule has 0 aromatic carbocycles. The van der Waals surface area contributed by atoms with Gasteiger partial charge in [0.1, 0.15) is 0 Å². The van der Waals surface area contributed by atoms with Crippen LogP contribution in [0.5, 0.6) is 0 Å². The average Bonchev–Trinajstić information content (AvgIpc) is 2.89. The van der Waals surface area contributed by atoms with Gasteiger partial charge < -0.3 is 2.85 Å². The molecule has 0 radical (unpaired) electrons. The van der Waals surface area contributed by atoms with E-state index in [4.69, 9.17) is 0 Å². The zero-order chi connectivity index (χ0) is 12.2. The molecule has 0 heterocycles. The Morgan fingerprint density at radius 1 is 1.35 bits per heavy atom. The summed E-state index contributed by atoms with van der Waals surface area (Å²) in [4.78, 5) is 0.